The van der Waals surface area contributed by atoms with E-state index in [9.17, 15) is 9.59 Å². The normalized spacial score (nSPS) is 37.9. The van der Waals surface area contributed by atoms with Crippen LogP contribution < -0.4 is 16.8 Å². The summed E-state index contributed by atoms with van der Waals surface area (Å²) in [6, 6.07) is 0.142. The Bertz CT molecular complexity index is 728. The molecular weight excluding hydrogens is 438 g/mol. The summed E-state index contributed by atoms with van der Waals surface area (Å²) in [5, 5.41) is 11.2. The first-order valence-corrected chi connectivity index (χ1v) is 13.6. The quantitative estimate of drug-likeness (QED) is 0.254. The van der Waals surface area contributed by atoms with Crippen LogP contribution in [0.1, 0.15) is 77.0 Å². The van der Waals surface area contributed by atoms with E-state index in [4.69, 9.17) is 28.5 Å². The lowest BCUT2D eigenvalue weighted by Crippen LogP contribution is -2.51. The third-order valence-corrected chi connectivity index (χ3v) is 9.63. The fourth-order valence-electron chi connectivity index (χ4n) is 7.01. The predicted molar refractivity (Wildman–Crippen MR) is 131 cm³/mol. The number of alkyl halides is 1. The SMILES string of the molecule is N=C(N)C1CCC2CC(C(=O)NCC3CCCCC3)N(CC3CCC(C(N)=O)CC3Cl)C2C1. The van der Waals surface area contributed by atoms with Crippen LogP contribution in [-0.2, 0) is 9.59 Å². The Kier molecular flexibility index (Phi) is 8.21. The number of nitrogens with two attached hydrogens (primary N) is 2. The Labute approximate surface area is 203 Å². The van der Waals surface area contributed by atoms with Gasteiger partial charge >= 0.3 is 0 Å². The van der Waals surface area contributed by atoms with E-state index in [2.05, 4.69) is 10.2 Å². The van der Waals surface area contributed by atoms with Crippen LogP contribution >= 0.6 is 11.6 Å². The van der Waals surface area contributed by atoms with Crippen LogP contribution in [0.5, 0.6) is 0 Å². The van der Waals surface area contributed by atoms with Gasteiger partial charge in [0.25, 0.3) is 0 Å². The van der Waals surface area contributed by atoms with E-state index in [1.54, 1.807) is 0 Å². The Morgan fingerprint density at radius 3 is 2.33 bits per heavy atom. The highest BCUT2D eigenvalue weighted by Gasteiger charge is 2.48. The number of nitrogens with one attached hydrogen (secondary N) is 2. The summed E-state index contributed by atoms with van der Waals surface area (Å²) in [4.78, 5) is 27.5. The summed E-state index contributed by atoms with van der Waals surface area (Å²) in [6.45, 7) is 1.56. The topological polar surface area (TPSA) is 125 Å². The molecule has 7 nitrogen and oxygen atoms in total. The number of fused-ring (bicyclic) bond motifs is 1. The molecule has 186 valence electrons. The largest absolute Gasteiger partial charge is 0.387 e. The Hall–Kier alpha value is -1.34. The lowest BCUT2D eigenvalue weighted by molar-refractivity contribution is -0.126. The van der Waals surface area contributed by atoms with E-state index in [-0.39, 0.29) is 52.9 Å². The molecule has 0 aromatic rings. The highest BCUT2D eigenvalue weighted by atomic mass is 35.5. The van der Waals surface area contributed by atoms with Gasteiger partial charge in [-0.05, 0) is 75.5 Å². The Morgan fingerprint density at radius 1 is 0.939 bits per heavy atom. The number of halogens is 1. The minimum Gasteiger partial charge on any atom is -0.387 e. The van der Waals surface area contributed by atoms with E-state index in [0.717, 1.165) is 51.6 Å². The zero-order chi connectivity index (χ0) is 23.5. The van der Waals surface area contributed by atoms with Crippen LogP contribution in [0, 0.1) is 35.0 Å². The molecule has 4 aliphatic rings. The van der Waals surface area contributed by atoms with Crippen molar-refractivity contribution < 1.29 is 9.59 Å². The summed E-state index contributed by atoms with van der Waals surface area (Å²) >= 11 is 6.76. The fourth-order valence-corrected chi connectivity index (χ4v) is 7.43. The number of likely N-dealkylation sites (tertiary alicyclic amines) is 1. The van der Waals surface area contributed by atoms with Crippen molar-refractivity contribution in [3.8, 4) is 0 Å². The molecule has 7 atom stereocenters. The molecule has 6 N–H and O–H groups in total. The predicted octanol–water partition coefficient (Wildman–Crippen LogP) is 2.99. The molecule has 1 saturated heterocycles. The average Bonchev–Trinajstić information content (AvgIpc) is 3.17. The smallest absolute Gasteiger partial charge is 0.237 e. The van der Waals surface area contributed by atoms with Crippen LogP contribution in [-0.4, -0.2) is 53.1 Å². The zero-order valence-corrected chi connectivity index (χ0v) is 20.6. The van der Waals surface area contributed by atoms with Crippen LogP contribution in [0.15, 0.2) is 0 Å². The van der Waals surface area contributed by atoms with E-state index in [1.807, 2.05) is 0 Å². The monoisotopic (exact) mass is 479 g/mol. The summed E-state index contributed by atoms with van der Waals surface area (Å²) in [7, 11) is 0. The van der Waals surface area contributed by atoms with Gasteiger partial charge in [-0.3, -0.25) is 19.9 Å². The van der Waals surface area contributed by atoms with Gasteiger partial charge < -0.3 is 16.8 Å². The van der Waals surface area contributed by atoms with Crippen LogP contribution in [0.3, 0.4) is 0 Å². The second kappa shape index (κ2) is 10.9. The van der Waals surface area contributed by atoms with Crippen LogP contribution in [0.4, 0.5) is 0 Å². The van der Waals surface area contributed by atoms with Crippen molar-refractivity contribution in [1.29, 1.82) is 5.41 Å². The van der Waals surface area contributed by atoms with Gasteiger partial charge in [-0.25, -0.2) is 0 Å². The van der Waals surface area contributed by atoms with E-state index >= 15 is 0 Å². The standard InChI is InChI=1S/C25H42ClN5O2/c26-20-10-18(24(29)32)8-9-19(20)14-31-21-12-17(23(27)28)7-6-16(21)11-22(31)25(33)30-13-15-4-2-1-3-5-15/h15-22H,1-14H2,(H3,27,28)(H2,29,32)(H,30,33). The van der Waals surface area contributed by atoms with Crippen molar-refractivity contribution in [3.05, 3.63) is 0 Å². The van der Waals surface area contributed by atoms with E-state index in [0.29, 0.717) is 18.3 Å². The number of nitrogens with zero attached hydrogens (tertiary/aromatic N) is 1. The second-order valence-electron chi connectivity index (χ2n) is 11.2. The summed E-state index contributed by atoms with van der Waals surface area (Å²) < 4.78 is 0. The molecule has 8 heteroatoms. The molecule has 1 aliphatic heterocycles. The summed E-state index contributed by atoms with van der Waals surface area (Å²) in [5.74, 6) is 1.47. The molecule has 0 radical (unpaired) electrons. The highest BCUT2D eigenvalue weighted by Crippen LogP contribution is 2.44. The molecule has 7 unspecified atom stereocenters. The minimum atomic E-state index is -0.253. The van der Waals surface area contributed by atoms with Gasteiger partial charge in [-0.15, -0.1) is 11.6 Å². The molecule has 0 aromatic heterocycles. The van der Waals surface area contributed by atoms with Crippen molar-refractivity contribution >= 4 is 29.3 Å². The molecule has 3 saturated carbocycles. The van der Waals surface area contributed by atoms with Crippen molar-refractivity contribution in [2.75, 3.05) is 13.1 Å². The number of carbonyl (C=O) groups is 2. The fraction of sp³-hybridized carbons (Fsp3) is 0.880. The molecule has 4 fully saturated rings. The third kappa shape index (κ3) is 5.84. The third-order valence-electron chi connectivity index (χ3n) is 9.10. The van der Waals surface area contributed by atoms with Gasteiger partial charge in [0.05, 0.1) is 11.9 Å². The number of carbonyl (C=O) groups excluding carboxylic acids is 2. The number of primary amides is 1. The van der Waals surface area contributed by atoms with Crippen molar-refractivity contribution in [2.24, 2.45) is 41.1 Å². The molecule has 4 rings (SSSR count). The van der Waals surface area contributed by atoms with Gasteiger partial charge in [0.15, 0.2) is 0 Å². The minimum absolute atomic E-state index is 0.103. The maximum absolute atomic E-state index is 13.4. The highest BCUT2D eigenvalue weighted by molar-refractivity contribution is 6.21. The first-order chi connectivity index (χ1) is 15.8. The van der Waals surface area contributed by atoms with Gasteiger partial charge in [0, 0.05) is 36.3 Å². The van der Waals surface area contributed by atoms with Crippen LogP contribution in [0.2, 0.25) is 0 Å². The van der Waals surface area contributed by atoms with Crippen molar-refractivity contribution in [2.45, 2.75) is 94.5 Å². The first kappa shape index (κ1) is 24.8. The van der Waals surface area contributed by atoms with Gasteiger partial charge in [0.2, 0.25) is 11.8 Å². The van der Waals surface area contributed by atoms with Crippen molar-refractivity contribution in [3.63, 3.8) is 0 Å². The average molecular weight is 480 g/mol. The van der Waals surface area contributed by atoms with Crippen LogP contribution in [0.25, 0.3) is 0 Å². The Morgan fingerprint density at radius 2 is 1.67 bits per heavy atom. The number of hydrogen-bond acceptors (Lipinski definition) is 4. The van der Waals surface area contributed by atoms with Gasteiger partial charge in [-0.1, -0.05) is 19.3 Å². The molecular formula is C25H42ClN5O2. The number of amides is 2. The summed E-state index contributed by atoms with van der Waals surface area (Å²) in [6.07, 6.45) is 12.3. The van der Waals surface area contributed by atoms with E-state index < -0.39 is 0 Å². The first-order valence-electron chi connectivity index (χ1n) is 13.1. The molecule has 33 heavy (non-hydrogen) atoms. The Balaban J connectivity index is 1.44. The second-order valence-corrected chi connectivity index (χ2v) is 11.7. The maximum Gasteiger partial charge on any atom is 0.237 e. The number of rotatable bonds is 7. The molecule has 0 bridgehead atoms. The molecule has 0 spiro atoms. The molecule has 0 aromatic carbocycles. The lowest BCUT2D eigenvalue weighted by Gasteiger charge is -2.41. The zero-order valence-electron chi connectivity index (χ0n) is 19.8. The summed E-state index contributed by atoms with van der Waals surface area (Å²) in [5.41, 5.74) is 11.4. The number of amidine groups is 1. The molecule has 3 aliphatic carbocycles. The van der Waals surface area contributed by atoms with Gasteiger partial charge in [0.1, 0.15) is 0 Å². The van der Waals surface area contributed by atoms with Gasteiger partial charge in [-0.2, -0.15) is 0 Å². The molecule has 2 amide bonds. The lowest BCUT2D eigenvalue weighted by atomic mass is 9.77. The van der Waals surface area contributed by atoms with Crippen molar-refractivity contribution in [1.82, 2.24) is 10.2 Å². The molecule has 1 heterocycles. The van der Waals surface area contributed by atoms with E-state index in [1.165, 1.54) is 32.1 Å². The number of hydrogen-bond donors (Lipinski definition) is 4. The maximum atomic E-state index is 13.4.